The highest BCUT2D eigenvalue weighted by atomic mass is 19.1. The summed E-state index contributed by atoms with van der Waals surface area (Å²) in [6.45, 7) is 1.93. The van der Waals surface area contributed by atoms with Crippen LogP contribution in [-0.2, 0) is 11.3 Å². The van der Waals surface area contributed by atoms with Crippen LogP contribution < -0.4 is 10.6 Å². The molecule has 1 fully saturated rings. The van der Waals surface area contributed by atoms with Crippen LogP contribution in [0.2, 0.25) is 0 Å². The highest BCUT2D eigenvalue weighted by molar-refractivity contribution is 5.55. The van der Waals surface area contributed by atoms with E-state index in [1.54, 1.807) is 13.2 Å². The SMILES string of the molecule is COC1CCN(c2c(F)cccc2CN)C1. The zero-order valence-corrected chi connectivity index (χ0v) is 9.45. The molecule has 0 aliphatic carbocycles. The van der Waals surface area contributed by atoms with Gasteiger partial charge in [-0.25, -0.2) is 4.39 Å². The molecule has 2 N–H and O–H groups in total. The van der Waals surface area contributed by atoms with Crippen LogP contribution in [0.3, 0.4) is 0 Å². The Bertz CT molecular complexity index is 370. The number of anilines is 1. The summed E-state index contributed by atoms with van der Waals surface area (Å²) in [4.78, 5) is 2.02. The van der Waals surface area contributed by atoms with E-state index in [0.717, 1.165) is 25.1 Å². The minimum absolute atomic E-state index is 0.195. The van der Waals surface area contributed by atoms with Crippen molar-refractivity contribution < 1.29 is 9.13 Å². The Morgan fingerprint density at radius 2 is 2.38 bits per heavy atom. The number of halogens is 1. The zero-order valence-electron chi connectivity index (χ0n) is 9.45. The third-order valence-corrected chi connectivity index (χ3v) is 3.08. The average Bonchev–Trinajstić information content (AvgIpc) is 2.76. The van der Waals surface area contributed by atoms with Crippen molar-refractivity contribution in [1.29, 1.82) is 0 Å². The first-order valence-electron chi connectivity index (χ1n) is 5.51. The molecule has 1 aromatic rings. The van der Waals surface area contributed by atoms with E-state index < -0.39 is 0 Å². The van der Waals surface area contributed by atoms with E-state index in [-0.39, 0.29) is 11.9 Å². The van der Waals surface area contributed by atoms with Crippen LogP contribution in [0, 0.1) is 5.82 Å². The van der Waals surface area contributed by atoms with E-state index in [4.69, 9.17) is 10.5 Å². The van der Waals surface area contributed by atoms with Gasteiger partial charge in [0, 0.05) is 26.7 Å². The molecule has 0 aromatic heterocycles. The van der Waals surface area contributed by atoms with E-state index in [1.807, 2.05) is 11.0 Å². The first-order chi connectivity index (χ1) is 7.76. The summed E-state index contributed by atoms with van der Waals surface area (Å²) < 4.78 is 19.1. The minimum atomic E-state index is -0.195. The standard InChI is InChI=1S/C12H17FN2O/c1-16-10-5-6-15(8-10)12-9(7-14)3-2-4-11(12)13/h2-4,10H,5-8,14H2,1H3. The monoisotopic (exact) mass is 224 g/mol. The van der Waals surface area contributed by atoms with Gasteiger partial charge in [0.25, 0.3) is 0 Å². The Morgan fingerprint density at radius 3 is 3.00 bits per heavy atom. The molecule has 1 unspecified atom stereocenters. The van der Waals surface area contributed by atoms with Gasteiger partial charge in [0.2, 0.25) is 0 Å². The van der Waals surface area contributed by atoms with Crippen molar-refractivity contribution in [2.45, 2.75) is 19.1 Å². The summed E-state index contributed by atoms with van der Waals surface area (Å²) in [5, 5.41) is 0. The molecule has 3 nitrogen and oxygen atoms in total. The molecule has 1 atom stereocenters. The van der Waals surface area contributed by atoms with Gasteiger partial charge in [-0.05, 0) is 18.1 Å². The number of para-hydroxylation sites is 1. The predicted octanol–water partition coefficient (Wildman–Crippen LogP) is 1.51. The molecule has 1 aliphatic rings. The van der Waals surface area contributed by atoms with Crippen LogP contribution in [0.1, 0.15) is 12.0 Å². The topological polar surface area (TPSA) is 38.5 Å². The number of hydrogen-bond acceptors (Lipinski definition) is 3. The smallest absolute Gasteiger partial charge is 0.146 e. The number of nitrogens with two attached hydrogens (primary N) is 1. The highest BCUT2D eigenvalue weighted by Crippen LogP contribution is 2.28. The number of hydrogen-bond donors (Lipinski definition) is 1. The number of benzene rings is 1. The summed E-state index contributed by atoms with van der Waals surface area (Å²) in [6.07, 6.45) is 1.14. The van der Waals surface area contributed by atoms with Crippen LogP contribution in [0.25, 0.3) is 0 Å². The molecule has 0 amide bonds. The van der Waals surface area contributed by atoms with E-state index in [0.29, 0.717) is 12.2 Å². The fourth-order valence-corrected chi connectivity index (χ4v) is 2.20. The first-order valence-corrected chi connectivity index (χ1v) is 5.51. The first kappa shape index (κ1) is 11.4. The van der Waals surface area contributed by atoms with Crippen molar-refractivity contribution in [2.75, 3.05) is 25.1 Å². The number of nitrogens with zero attached hydrogens (tertiary/aromatic N) is 1. The van der Waals surface area contributed by atoms with Crippen molar-refractivity contribution >= 4 is 5.69 Å². The van der Waals surface area contributed by atoms with Gasteiger partial charge in [-0.2, -0.15) is 0 Å². The third-order valence-electron chi connectivity index (χ3n) is 3.08. The second-order valence-corrected chi connectivity index (χ2v) is 4.04. The van der Waals surface area contributed by atoms with Crippen molar-refractivity contribution in [2.24, 2.45) is 5.73 Å². The maximum Gasteiger partial charge on any atom is 0.146 e. The Balaban J connectivity index is 2.26. The van der Waals surface area contributed by atoms with Gasteiger partial charge < -0.3 is 15.4 Å². The lowest BCUT2D eigenvalue weighted by Gasteiger charge is -2.22. The Morgan fingerprint density at radius 1 is 1.56 bits per heavy atom. The van der Waals surface area contributed by atoms with Crippen molar-refractivity contribution in [3.8, 4) is 0 Å². The molecule has 16 heavy (non-hydrogen) atoms. The zero-order chi connectivity index (χ0) is 11.5. The molecular weight excluding hydrogens is 207 g/mol. The second-order valence-electron chi connectivity index (χ2n) is 4.04. The highest BCUT2D eigenvalue weighted by Gasteiger charge is 2.25. The molecule has 0 radical (unpaired) electrons. The molecule has 4 heteroatoms. The fraction of sp³-hybridized carbons (Fsp3) is 0.500. The molecule has 1 heterocycles. The van der Waals surface area contributed by atoms with E-state index in [2.05, 4.69) is 0 Å². The van der Waals surface area contributed by atoms with E-state index >= 15 is 0 Å². The van der Waals surface area contributed by atoms with E-state index in [9.17, 15) is 4.39 Å². The van der Waals surface area contributed by atoms with Gasteiger partial charge in [-0.3, -0.25) is 0 Å². The second kappa shape index (κ2) is 4.80. The Hall–Kier alpha value is -1.13. The number of methoxy groups -OCH3 is 1. The van der Waals surface area contributed by atoms with Gasteiger partial charge in [-0.1, -0.05) is 12.1 Å². The molecule has 1 aliphatic heterocycles. The molecule has 1 saturated heterocycles. The van der Waals surface area contributed by atoms with Crippen molar-refractivity contribution in [3.05, 3.63) is 29.6 Å². The third kappa shape index (κ3) is 2.03. The molecule has 0 saturated carbocycles. The maximum atomic E-state index is 13.8. The molecule has 0 spiro atoms. The Kier molecular flexibility index (Phi) is 3.41. The molecule has 1 aromatic carbocycles. The normalized spacial score (nSPS) is 20.4. The minimum Gasteiger partial charge on any atom is -0.380 e. The van der Waals surface area contributed by atoms with Crippen LogP contribution in [0.5, 0.6) is 0 Å². The molecular formula is C12H17FN2O. The van der Waals surface area contributed by atoms with Crippen LogP contribution in [-0.4, -0.2) is 26.3 Å². The van der Waals surface area contributed by atoms with Crippen LogP contribution >= 0.6 is 0 Å². The fourth-order valence-electron chi connectivity index (χ4n) is 2.20. The maximum absolute atomic E-state index is 13.8. The summed E-state index contributed by atoms with van der Waals surface area (Å²) in [6, 6.07) is 5.05. The van der Waals surface area contributed by atoms with Gasteiger partial charge in [0.05, 0.1) is 11.8 Å². The average molecular weight is 224 g/mol. The van der Waals surface area contributed by atoms with Crippen molar-refractivity contribution in [1.82, 2.24) is 0 Å². The van der Waals surface area contributed by atoms with Crippen LogP contribution in [0.15, 0.2) is 18.2 Å². The van der Waals surface area contributed by atoms with Crippen molar-refractivity contribution in [3.63, 3.8) is 0 Å². The lowest BCUT2D eigenvalue weighted by molar-refractivity contribution is 0.121. The molecule has 2 rings (SSSR count). The predicted molar refractivity (Wildman–Crippen MR) is 61.9 cm³/mol. The summed E-state index contributed by atoms with van der Waals surface area (Å²) >= 11 is 0. The number of ether oxygens (including phenoxy) is 1. The summed E-state index contributed by atoms with van der Waals surface area (Å²) in [5.41, 5.74) is 7.13. The van der Waals surface area contributed by atoms with Gasteiger partial charge in [-0.15, -0.1) is 0 Å². The van der Waals surface area contributed by atoms with Gasteiger partial charge in [0.15, 0.2) is 0 Å². The number of rotatable bonds is 3. The summed E-state index contributed by atoms with van der Waals surface area (Å²) in [5.74, 6) is -0.195. The largest absolute Gasteiger partial charge is 0.380 e. The Labute approximate surface area is 95.0 Å². The van der Waals surface area contributed by atoms with Gasteiger partial charge in [0.1, 0.15) is 5.82 Å². The quantitative estimate of drug-likeness (QED) is 0.845. The lowest BCUT2D eigenvalue weighted by Crippen LogP contribution is -2.24. The summed E-state index contributed by atoms with van der Waals surface area (Å²) in [7, 11) is 1.69. The molecule has 0 bridgehead atoms. The van der Waals surface area contributed by atoms with Gasteiger partial charge >= 0.3 is 0 Å². The van der Waals surface area contributed by atoms with E-state index in [1.165, 1.54) is 6.07 Å². The van der Waals surface area contributed by atoms with Crippen LogP contribution in [0.4, 0.5) is 10.1 Å². The molecule has 88 valence electrons. The lowest BCUT2D eigenvalue weighted by atomic mass is 10.1.